The summed E-state index contributed by atoms with van der Waals surface area (Å²) in [5.74, 6) is 0.0118. The largest absolute Gasteiger partial charge is 0.372 e. The lowest BCUT2D eigenvalue weighted by Gasteiger charge is -2.16. The van der Waals surface area contributed by atoms with E-state index in [0.29, 0.717) is 13.2 Å². The van der Waals surface area contributed by atoms with Gasteiger partial charge in [-0.1, -0.05) is 6.07 Å². The molecule has 0 spiro atoms. The second-order valence-electron chi connectivity index (χ2n) is 3.52. The fourth-order valence-corrected chi connectivity index (χ4v) is 1.25. The summed E-state index contributed by atoms with van der Waals surface area (Å²) in [4.78, 5) is 17.4. The Morgan fingerprint density at radius 3 is 2.94 bits per heavy atom. The van der Waals surface area contributed by atoms with Crippen LogP contribution in [-0.4, -0.2) is 42.6 Å². The van der Waals surface area contributed by atoms with Gasteiger partial charge in [-0.2, -0.15) is 0 Å². The normalized spacial score (nSPS) is 10.1. The van der Waals surface area contributed by atoms with Crippen molar-refractivity contribution in [2.45, 2.75) is 13.3 Å². The molecule has 0 aliphatic carbocycles. The number of carbonyl (C=O) groups excluding carboxylic acids is 1. The van der Waals surface area contributed by atoms with E-state index in [1.54, 1.807) is 18.1 Å². The van der Waals surface area contributed by atoms with E-state index < -0.39 is 0 Å². The standard InChI is InChI=1S/C12H18N2O2/c1-3-16-10-12(15)14(2)9-7-11-6-4-5-8-13-11/h4-6,8H,3,7,9-10H2,1-2H3. The maximum atomic E-state index is 11.5. The number of pyridine rings is 1. The van der Waals surface area contributed by atoms with Crippen LogP contribution in [0.25, 0.3) is 0 Å². The molecule has 88 valence electrons. The number of ether oxygens (including phenoxy) is 1. The molecule has 1 aromatic rings. The van der Waals surface area contributed by atoms with E-state index in [4.69, 9.17) is 4.74 Å². The van der Waals surface area contributed by atoms with Crippen LogP contribution in [0.2, 0.25) is 0 Å². The Hall–Kier alpha value is -1.42. The van der Waals surface area contributed by atoms with Gasteiger partial charge in [0.1, 0.15) is 6.61 Å². The maximum absolute atomic E-state index is 11.5. The monoisotopic (exact) mass is 222 g/mol. The van der Waals surface area contributed by atoms with Crippen LogP contribution in [0.15, 0.2) is 24.4 Å². The first-order valence-electron chi connectivity index (χ1n) is 5.45. The molecule has 0 saturated carbocycles. The molecular formula is C12H18N2O2. The van der Waals surface area contributed by atoms with Gasteiger partial charge in [-0.15, -0.1) is 0 Å². The van der Waals surface area contributed by atoms with Crippen molar-refractivity contribution in [1.82, 2.24) is 9.88 Å². The van der Waals surface area contributed by atoms with E-state index in [1.807, 2.05) is 25.1 Å². The van der Waals surface area contributed by atoms with Gasteiger partial charge >= 0.3 is 0 Å². The van der Waals surface area contributed by atoms with Gasteiger partial charge in [0.2, 0.25) is 5.91 Å². The van der Waals surface area contributed by atoms with E-state index in [0.717, 1.165) is 12.1 Å². The Labute approximate surface area is 96.2 Å². The van der Waals surface area contributed by atoms with Crippen molar-refractivity contribution in [2.75, 3.05) is 26.8 Å². The molecule has 0 radical (unpaired) electrons. The minimum absolute atomic E-state index is 0.0118. The molecule has 0 aromatic carbocycles. The van der Waals surface area contributed by atoms with Crippen molar-refractivity contribution < 1.29 is 9.53 Å². The number of nitrogens with zero attached hydrogens (tertiary/aromatic N) is 2. The van der Waals surface area contributed by atoms with Gasteiger partial charge in [-0.05, 0) is 19.1 Å². The van der Waals surface area contributed by atoms with Gasteiger partial charge in [0, 0.05) is 38.5 Å². The number of rotatable bonds is 6. The third kappa shape index (κ3) is 4.40. The molecule has 0 bridgehead atoms. The lowest BCUT2D eigenvalue weighted by Crippen LogP contribution is -2.32. The van der Waals surface area contributed by atoms with E-state index in [1.165, 1.54) is 0 Å². The molecule has 4 nitrogen and oxygen atoms in total. The number of hydrogen-bond donors (Lipinski definition) is 0. The van der Waals surface area contributed by atoms with Gasteiger partial charge in [0.05, 0.1) is 0 Å². The first-order valence-corrected chi connectivity index (χ1v) is 5.45. The summed E-state index contributed by atoms with van der Waals surface area (Å²) in [5.41, 5.74) is 0.999. The molecule has 0 N–H and O–H groups in total. The van der Waals surface area contributed by atoms with Gasteiger partial charge in [-0.3, -0.25) is 9.78 Å². The number of likely N-dealkylation sites (N-methyl/N-ethyl adjacent to an activating group) is 1. The minimum Gasteiger partial charge on any atom is -0.372 e. The molecule has 1 amide bonds. The number of carbonyl (C=O) groups is 1. The number of aromatic nitrogens is 1. The fraction of sp³-hybridized carbons (Fsp3) is 0.500. The Morgan fingerprint density at radius 2 is 2.31 bits per heavy atom. The second-order valence-corrected chi connectivity index (χ2v) is 3.52. The predicted octanol–water partition coefficient (Wildman–Crippen LogP) is 1.12. The molecule has 0 fully saturated rings. The lowest BCUT2D eigenvalue weighted by molar-refractivity contribution is -0.134. The maximum Gasteiger partial charge on any atom is 0.248 e. The van der Waals surface area contributed by atoms with Crippen molar-refractivity contribution in [3.63, 3.8) is 0 Å². The van der Waals surface area contributed by atoms with Gasteiger partial charge in [-0.25, -0.2) is 0 Å². The molecular weight excluding hydrogens is 204 g/mol. The predicted molar refractivity (Wildman–Crippen MR) is 62.1 cm³/mol. The summed E-state index contributed by atoms with van der Waals surface area (Å²) in [7, 11) is 1.78. The van der Waals surface area contributed by atoms with Crippen molar-refractivity contribution >= 4 is 5.91 Å². The van der Waals surface area contributed by atoms with Gasteiger partial charge in [0.25, 0.3) is 0 Å². The highest BCUT2D eigenvalue weighted by Crippen LogP contribution is 1.97. The zero-order chi connectivity index (χ0) is 11.8. The highest BCUT2D eigenvalue weighted by molar-refractivity contribution is 5.77. The molecule has 0 saturated heterocycles. The molecule has 0 unspecified atom stereocenters. The van der Waals surface area contributed by atoms with Crippen LogP contribution < -0.4 is 0 Å². The van der Waals surface area contributed by atoms with Gasteiger partial charge < -0.3 is 9.64 Å². The Bertz CT molecular complexity index is 314. The first kappa shape index (κ1) is 12.6. The zero-order valence-electron chi connectivity index (χ0n) is 9.85. The summed E-state index contributed by atoms with van der Waals surface area (Å²) in [6.45, 7) is 3.28. The minimum atomic E-state index is 0.0118. The van der Waals surface area contributed by atoms with E-state index in [2.05, 4.69) is 4.98 Å². The summed E-state index contributed by atoms with van der Waals surface area (Å²) < 4.78 is 5.06. The summed E-state index contributed by atoms with van der Waals surface area (Å²) in [6.07, 6.45) is 2.53. The quantitative estimate of drug-likeness (QED) is 0.724. The van der Waals surface area contributed by atoms with Crippen LogP contribution >= 0.6 is 0 Å². The summed E-state index contributed by atoms with van der Waals surface area (Å²) >= 11 is 0. The Morgan fingerprint density at radius 1 is 1.50 bits per heavy atom. The zero-order valence-corrected chi connectivity index (χ0v) is 9.85. The molecule has 1 aromatic heterocycles. The number of amides is 1. The van der Waals surface area contributed by atoms with E-state index >= 15 is 0 Å². The third-order valence-corrected chi connectivity index (χ3v) is 2.28. The molecule has 4 heteroatoms. The van der Waals surface area contributed by atoms with E-state index in [9.17, 15) is 4.79 Å². The Kier molecular flexibility index (Phi) is 5.50. The SMILES string of the molecule is CCOCC(=O)N(C)CCc1ccccn1. The van der Waals surface area contributed by atoms with Crippen molar-refractivity contribution in [3.8, 4) is 0 Å². The third-order valence-electron chi connectivity index (χ3n) is 2.28. The molecule has 0 aliphatic heterocycles. The van der Waals surface area contributed by atoms with Crippen LogP contribution in [0.4, 0.5) is 0 Å². The molecule has 16 heavy (non-hydrogen) atoms. The number of hydrogen-bond acceptors (Lipinski definition) is 3. The fourth-order valence-electron chi connectivity index (χ4n) is 1.25. The molecule has 1 rings (SSSR count). The van der Waals surface area contributed by atoms with Crippen LogP contribution in [-0.2, 0) is 16.0 Å². The average Bonchev–Trinajstić information content (AvgIpc) is 2.34. The lowest BCUT2D eigenvalue weighted by atomic mass is 10.2. The molecule has 0 aliphatic rings. The van der Waals surface area contributed by atoms with Crippen molar-refractivity contribution in [2.24, 2.45) is 0 Å². The van der Waals surface area contributed by atoms with Crippen LogP contribution in [0.1, 0.15) is 12.6 Å². The van der Waals surface area contributed by atoms with Crippen molar-refractivity contribution in [1.29, 1.82) is 0 Å². The average molecular weight is 222 g/mol. The second kappa shape index (κ2) is 6.95. The van der Waals surface area contributed by atoms with Crippen molar-refractivity contribution in [3.05, 3.63) is 30.1 Å². The topological polar surface area (TPSA) is 42.4 Å². The van der Waals surface area contributed by atoms with E-state index in [-0.39, 0.29) is 12.5 Å². The van der Waals surface area contributed by atoms with Crippen LogP contribution in [0.5, 0.6) is 0 Å². The summed E-state index contributed by atoms with van der Waals surface area (Å²) in [6, 6.07) is 5.79. The molecule has 0 atom stereocenters. The van der Waals surface area contributed by atoms with Crippen LogP contribution in [0.3, 0.4) is 0 Å². The highest BCUT2D eigenvalue weighted by atomic mass is 16.5. The summed E-state index contributed by atoms with van der Waals surface area (Å²) in [5, 5.41) is 0. The van der Waals surface area contributed by atoms with Crippen LogP contribution in [0, 0.1) is 0 Å². The first-order chi connectivity index (χ1) is 7.74. The van der Waals surface area contributed by atoms with Gasteiger partial charge in [0.15, 0.2) is 0 Å². The highest BCUT2D eigenvalue weighted by Gasteiger charge is 2.08. The Balaban J connectivity index is 2.29. The molecule has 1 heterocycles. The smallest absolute Gasteiger partial charge is 0.248 e.